The molecule has 1 fully saturated rings. The number of rotatable bonds is 3. The molecule has 0 saturated carbocycles. The third-order valence-corrected chi connectivity index (χ3v) is 2.13. The van der Waals surface area contributed by atoms with Crippen molar-refractivity contribution in [3.8, 4) is 0 Å². The number of ether oxygens (including phenoxy) is 1. The molecule has 0 spiro atoms. The maximum absolute atomic E-state index is 9.39. The summed E-state index contributed by atoms with van der Waals surface area (Å²) in [5.41, 5.74) is 0. The van der Waals surface area contributed by atoms with Crippen molar-refractivity contribution in [2.24, 2.45) is 4.99 Å². The Balaban J connectivity index is 2.70. The van der Waals surface area contributed by atoms with Crippen LogP contribution in [0.2, 0.25) is 0 Å². The highest BCUT2D eigenvalue weighted by Crippen LogP contribution is 2.24. The minimum absolute atomic E-state index is 0.567. The molecule has 1 heterocycles. The van der Waals surface area contributed by atoms with Crippen LogP contribution >= 0.6 is 12.2 Å². The third kappa shape index (κ3) is 2.15. The predicted molar refractivity (Wildman–Crippen MR) is 48.8 cm³/mol. The predicted octanol–water partition coefficient (Wildman–Crippen LogP) is -2.11. The lowest BCUT2D eigenvalue weighted by Gasteiger charge is -2.18. The van der Waals surface area contributed by atoms with Crippen molar-refractivity contribution in [2.45, 2.75) is 30.6 Å². The fourth-order valence-corrected chi connectivity index (χ4v) is 1.37. The Morgan fingerprint density at radius 1 is 1.43 bits per heavy atom. The number of aliphatic imine (C=N–C) groups is 1. The normalized spacial score (nSPS) is 39.1. The molecule has 0 radical (unpaired) electrons. The van der Waals surface area contributed by atoms with Crippen LogP contribution in [0.15, 0.2) is 4.99 Å². The number of aliphatic hydroxyl groups excluding tert-OH is 4. The Morgan fingerprint density at radius 2 is 2.07 bits per heavy atom. The molecule has 1 rings (SSSR count). The van der Waals surface area contributed by atoms with Crippen LogP contribution in [0.3, 0.4) is 0 Å². The molecule has 14 heavy (non-hydrogen) atoms. The van der Waals surface area contributed by atoms with Crippen molar-refractivity contribution >= 4 is 17.4 Å². The zero-order valence-corrected chi connectivity index (χ0v) is 7.96. The summed E-state index contributed by atoms with van der Waals surface area (Å²) in [6.07, 6.45) is -5.92. The van der Waals surface area contributed by atoms with E-state index < -0.39 is 37.3 Å². The fraction of sp³-hybridized carbons (Fsp3) is 0.857. The molecule has 5 atom stereocenters. The summed E-state index contributed by atoms with van der Waals surface area (Å²) in [6.45, 7) is -0.567. The van der Waals surface area contributed by atoms with Crippen molar-refractivity contribution in [2.75, 3.05) is 6.61 Å². The van der Waals surface area contributed by atoms with Gasteiger partial charge in [-0.2, -0.15) is 4.99 Å². The smallest absolute Gasteiger partial charge is 0.186 e. The van der Waals surface area contributed by atoms with Crippen LogP contribution in [0, 0.1) is 0 Å². The van der Waals surface area contributed by atoms with Gasteiger partial charge in [-0.15, -0.1) is 0 Å². The van der Waals surface area contributed by atoms with Crippen LogP contribution < -0.4 is 0 Å². The lowest BCUT2D eigenvalue weighted by atomic mass is 10.1. The zero-order chi connectivity index (χ0) is 10.7. The van der Waals surface area contributed by atoms with E-state index in [9.17, 15) is 15.3 Å². The molecule has 0 bridgehead atoms. The molecule has 1 aliphatic heterocycles. The third-order valence-electron chi connectivity index (χ3n) is 2.02. The molecule has 80 valence electrons. The first-order valence-electron chi connectivity index (χ1n) is 3.99. The van der Waals surface area contributed by atoms with Gasteiger partial charge in [-0.25, -0.2) is 0 Å². The van der Waals surface area contributed by atoms with Gasteiger partial charge in [-0.3, -0.25) is 0 Å². The van der Waals surface area contributed by atoms with Gasteiger partial charge >= 0.3 is 0 Å². The van der Waals surface area contributed by atoms with E-state index in [1.165, 1.54) is 0 Å². The highest BCUT2D eigenvalue weighted by Gasteiger charge is 2.45. The summed E-state index contributed by atoms with van der Waals surface area (Å²) in [5, 5.41) is 38.6. The Hall–Kier alpha value is -0.400. The highest BCUT2D eigenvalue weighted by molar-refractivity contribution is 7.78. The number of nitrogens with zero attached hydrogens (tertiary/aromatic N) is 1. The molecule has 0 aromatic rings. The SMILES string of the molecule is OC[C@@H](O)[C@@H]1OC(N=C=S)[C@H](O)[C@H]1O. The maximum Gasteiger partial charge on any atom is 0.186 e. The second kappa shape index (κ2) is 4.90. The minimum Gasteiger partial charge on any atom is -0.394 e. The first-order valence-corrected chi connectivity index (χ1v) is 4.40. The van der Waals surface area contributed by atoms with Crippen LogP contribution in [-0.4, -0.2) is 62.8 Å². The van der Waals surface area contributed by atoms with E-state index >= 15 is 0 Å². The van der Waals surface area contributed by atoms with Crippen LogP contribution in [0.5, 0.6) is 0 Å². The number of isothiocyanates is 1. The van der Waals surface area contributed by atoms with Crippen molar-refractivity contribution in [1.82, 2.24) is 0 Å². The van der Waals surface area contributed by atoms with Gasteiger partial charge in [0.05, 0.1) is 11.8 Å². The Labute approximate surface area is 85.5 Å². The first-order chi connectivity index (χ1) is 6.61. The maximum atomic E-state index is 9.39. The zero-order valence-electron chi connectivity index (χ0n) is 7.15. The summed E-state index contributed by atoms with van der Waals surface area (Å²) in [5.74, 6) is 0. The highest BCUT2D eigenvalue weighted by atomic mass is 32.1. The van der Waals surface area contributed by atoms with Crippen molar-refractivity contribution < 1.29 is 25.2 Å². The van der Waals surface area contributed by atoms with Crippen LogP contribution in [0.1, 0.15) is 0 Å². The van der Waals surface area contributed by atoms with Gasteiger partial charge in [0.15, 0.2) is 6.23 Å². The lowest BCUT2D eigenvalue weighted by Crippen LogP contribution is -2.40. The monoisotopic (exact) mass is 221 g/mol. The van der Waals surface area contributed by atoms with Gasteiger partial charge in [0, 0.05) is 0 Å². The van der Waals surface area contributed by atoms with Crippen LogP contribution in [-0.2, 0) is 4.74 Å². The summed E-state index contributed by atoms with van der Waals surface area (Å²) in [4.78, 5) is 3.46. The lowest BCUT2D eigenvalue weighted by molar-refractivity contribution is -0.0798. The Kier molecular flexibility index (Phi) is 4.09. The molecule has 1 aliphatic rings. The van der Waals surface area contributed by atoms with Gasteiger partial charge < -0.3 is 25.2 Å². The molecule has 1 saturated heterocycles. The number of aliphatic hydroxyl groups is 4. The molecule has 7 heteroatoms. The van der Waals surface area contributed by atoms with Gasteiger partial charge in [-0.1, -0.05) is 0 Å². The van der Waals surface area contributed by atoms with Crippen LogP contribution in [0.25, 0.3) is 0 Å². The molecule has 1 unspecified atom stereocenters. The largest absolute Gasteiger partial charge is 0.394 e. The molecular weight excluding hydrogens is 210 g/mol. The Bertz CT molecular complexity index is 244. The topological polar surface area (TPSA) is 103 Å². The van der Waals surface area contributed by atoms with Crippen molar-refractivity contribution in [3.63, 3.8) is 0 Å². The molecule has 4 N–H and O–H groups in total. The quantitative estimate of drug-likeness (QED) is 0.321. The average molecular weight is 221 g/mol. The molecule has 6 nitrogen and oxygen atoms in total. The minimum atomic E-state index is -1.30. The number of thiocarbonyl (C=S) groups is 1. The summed E-state index contributed by atoms with van der Waals surface area (Å²) < 4.78 is 4.97. The second-order valence-corrected chi connectivity index (χ2v) is 3.13. The first kappa shape index (κ1) is 11.7. The van der Waals surface area contributed by atoms with Gasteiger partial charge in [0.2, 0.25) is 0 Å². The van der Waals surface area contributed by atoms with E-state index in [1.54, 1.807) is 0 Å². The number of hydrogen-bond donors (Lipinski definition) is 4. The molecule has 0 amide bonds. The van der Waals surface area contributed by atoms with E-state index in [1.807, 2.05) is 5.16 Å². The second-order valence-electron chi connectivity index (χ2n) is 2.94. The van der Waals surface area contributed by atoms with Crippen molar-refractivity contribution in [3.05, 3.63) is 0 Å². The molecule has 0 aromatic heterocycles. The van der Waals surface area contributed by atoms with Gasteiger partial charge in [0.1, 0.15) is 24.4 Å². The summed E-state index contributed by atoms with van der Waals surface area (Å²) in [6, 6.07) is 0. The van der Waals surface area contributed by atoms with E-state index in [-0.39, 0.29) is 0 Å². The molecule has 0 aliphatic carbocycles. The summed E-state index contributed by atoms with van der Waals surface area (Å²) >= 11 is 4.31. The van der Waals surface area contributed by atoms with E-state index in [0.717, 1.165) is 0 Å². The molecule has 0 aromatic carbocycles. The standard InChI is InChI=1S/C7H11NO5S/c9-1-3(10)6-4(11)5(12)7(13-6)8-2-14/h3-7,9-12H,1H2/t3-,4-,5-,6+,7?/m1/s1. The number of hydrogen-bond acceptors (Lipinski definition) is 7. The summed E-state index contributed by atoms with van der Waals surface area (Å²) in [7, 11) is 0. The fourth-order valence-electron chi connectivity index (χ4n) is 1.27. The van der Waals surface area contributed by atoms with E-state index in [2.05, 4.69) is 17.2 Å². The van der Waals surface area contributed by atoms with E-state index in [4.69, 9.17) is 9.84 Å². The van der Waals surface area contributed by atoms with E-state index in [0.29, 0.717) is 0 Å². The molecular formula is C7H11NO5S. The Morgan fingerprint density at radius 3 is 2.57 bits per heavy atom. The van der Waals surface area contributed by atoms with Gasteiger partial charge in [-0.05, 0) is 12.2 Å². The van der Waals surface area contributed by atoms with Gasteiger partial charge in [0.25, 0.3) is 0 Å². The van der Waals surface area contributed by atoms with Crippen LogP contribution in [0.4, 0.5) is 0 Å². The van der Waals surface area contributed by atoms with Crippen molar-refractivity contribution in [1.29, 1.82) is 0 Å². The average Bonchev–Trinajstić information content (AvgIpc) is 2.46.